The summed E-state index contributed by atoms with van der Waals surface area (Å²) in [4.78, 5) is 26.4. The molecule has 3 rings (SSSR count). The Balaban J connectivity index is 1.78. The summed E-state index contributed by atoms with van der Waals surface area (Å²) in [5, 5.41) is 0. The summed E-state index contributed by atoms with van der Waals surface area (Å²) in [6.45, 7) is 1.51. The lowest BCUT2D eigenvalue weighted by Crippen LogP contribution is -2.34. The van der Waals surface area contributed by atoms with Crippen molar-refractivity contribution in [2.45, 2.75) is 13.5 Å². The average molecular weight is 395 g/mol. The molecule has 148 valence electrons. The molecule has 0 saturated carbocycles. The van der Waals surface area contributed by atoms with Crippen molar-refractivity contribution in [3.63, 3.8) is 0 Å². The van der Waals surface area contributed by atoms with E-state index >= 15 is 0 Å². The van der Waals surface area contributed by atoms with Gasteiger partial charge in [-0.1, -0.05) is 48.5 Å². The van der Waals surface area contributed by atoms with Gasteiger partial charge in [-0.05, 0) is 42.3 Å². The summed E-state index contributed by atoms with van der Waals surface area (Å²) < 4.78 is 32.4. The van der Waals surface area contributed by atoms with Crippen LogP contribution in [-0.2, 0) is 16.1 Å². The van der Waals surface area contributed by atoms with Crippen LogP contribution in [0.15, 0.2) is 72.8 Å². The molecule has 0 aliphatic rings. The van der Waals surface area contributed by atoms with Gasteiger partial charge in [0.2, 0.25) is 0 Å². The first-order valence-electron chi connectivity index (χ1n) is 8.98. The highest BCUT2D eigenvalue weighted by molar-refractivity contribution is 5.97. The predicted octanol–water partition coefficient (Wildman–Crippen LogP) is 4.66. The minimum atomic E-state index is -1.22. The van der Waals surface area contributed by atoms with Crippen LogP contribution in [0.1, 0.15) is 21.5 Å². The first-order valence-corrected chi connectivity index (χ1v) is 8.98. The zero-order chi connectivity index (χ0) is 20.8. The number of hydrogen-bond acceptors (Lipinski definition) is 3. The van der Waals surface area contributed by atoms with Gasteiger partial charge in [-0.25, -0.2) is 13.6 Å². The Bertz CT molecular complexity index is 1000. The van der Waals surface area contributed by atoms with Crippen LogP contribution in [0.3, 0.4) is 0 Å². The average Bonchev–Trinajstić information content (AvgIpc) is 2.71. The molecule has 0 aliphatic carbocycles. The van der Waals surface area contributed by atoms with Gasteiger partial charge in [-0.2, -0.15) is 0 Å². The van der Waals surface area contributed by atoms with Crippen LogP contribution in [-0.4, -0.2) is 18.5 Å². The molecular weight excluding hydrogens is 376 g/mol. The molecule has 0 aromatic heterocycles. The van der Waals surface area contributed by atoms with Gasteiger partial charge >= 0.3 is 5.97 Å². The van der Waals surface area contributed by atoms with E-state index in [1.54, 1.807) is 6.07 Å². The predicted molar refractivity (Wildman–Crippen MR) is 105 cm³/mol. The van der Waals surface area contributed by atoms with Crippen molar-refractivity contribution in [2.75, 3.05) is 11.5 Å². The molecule has 0 heterocycles. The summed E-state index contributed by atoms with van der Waals surface area (Å²) in [6, 6.07) is 19.7. The van der Waals surface area contributed by atoms with E-state index in [1.807, 2.05) is 55.5 Å². The largest absolute Gasteiger partial charge is 0.452 e. The topological polar surface area (TPSA) is 46.6 Å². The third kappa shape index (κ3) is 5.04. The number of carbonyl (C=O) groups excluding carboxylic acids is 2. The third-order valence-corrected chi connectivity index (χ3v) is 4.29. The zero-order valence-electron chi connectivity index (χ0n) is 15.8. The van der Waals surface area contributed by atoms with Crippen molar-refractivity contribution in [1.29, 1.82) is 0 Å². The van der Waals surface area contributed by atoms with E-state index < -0.39 is 35.7 Å². The highest BCUT2D eigenvalue weighted by Crippen LogP contribution is 2.20. The molecule has 0 atom stereocenters. The number of ether oxygens (including phenoxy) is 1. The quantitative estimate of drug-likeness (QED) is 0.570. The number of anilines is 1. The van der Waals surface area contributed by atoms with Crippen LogP contribution >= 0.6 is 0 Å². The number of nitrogens with zero attached hydrogens (tertiary/aromatic N) is 1. The lowest BCUT2D eigenvalue weighted by molar-refractivity contribution is -0.121. The monoisotopic (exact) mass is 395 g/mol. The second-order valence-corrected chi connectivity index (χ2v) is 6.48. The Morgan fingerprint density at radius 1 is 0.897 bits per heavy atom. The van der Waals surface area contributed by atoms with Gasteiger partial charge in [0.05, 0.1) is 6.54 Å². The summed E-state index contributed by atoms with van der Waals surface area (Å²) in [5.41, 5.74) is 1.66. The van der Waals surface area contributed by atoms with Gasteiger partial charge < -0.3 is 9.64 Å². The number of esters is 1. The van der Waals surface area contributed by atoms with Crippen LogP contribution in [0.4, 0.5) is 14.5 Å². The van der Waals surface area contributed by atoms with Crippen LogP contribution in [0.2, 0.25) is 0 Å². The maximum absolute atomic E-state index is 13.7. The second kappa shape index (κ2) is 9.10. The molecule has 0 spiro atoms. The van der Waals surface area contributed by atoms with Crippen molar-refractivity contribution >= 4 is 17.6 Å². The van der Waals surface area contributed by atoms with E-state index in [0.717, 1.165) is 29.3 Å². The highest BCUT2D eigenvalue weighted by Gasteiger charge is 2.22. The summed E-state index contributed by atoms with van der Waals surface area (Å²) >= 11 is 0. The fourth-order valence-corrected chi connectivity index (χ4v) is 2.86. The molecule has 4 nitrogen and oxygen atoms in total. The van der Waals surface area contributed by atoms with Crippen molar-refractivity contribution in [1.82, 2.24) is 0 Å². The van der Waals surface area contributed by atoms with Crippen molar-refractivity contribution < 1.29 is 23.1 Å². The van der Waals surface area contributed by atoms with Crippen LogP contribution in [0, 0.1) is 18.6 Å². The van der Waals surface area contributed by atoms with Gasteiger partial charge in [-0.15, -0.1) is 0 Å². The van der Waals surface area contributed by atoms with E-state index in [-0.39, 0.29) is 6.54 Å². The Morgan fingerprint density at radius 3 is 2.21 bits per heavy atom. The van der Waals surface area contributed by atoms with E-state index in [1.165, 1.54) is 4.90 Å². The number of carbonyl (C=O) groups is 2. The molecule has 0 bridgehead atoms. The number of benzene rings is 3. The number of halogens is 2. The molecule has 0 fully saturated rings. The Kier molecular flexibility index (Phi) is 6.34. The lowest BCUT2D eigenvalue weighted by Gasteiger charge is -2.23. The first kappa shape index (κ1) is 20.2. The molecule has 0 saturated heterocycles. The molecule has 6 heteroatoms. The number of hydrogen-bond donors (Lipinski definition) is 0. The van der Waals surface area contributed by atoms with Crippen molar-refractivity contribution in [3.05, 3.63) is 101 Å². The van der Waals surface area contributed by atoms with Crippen molar-refractivity contribution in [2.24, 2.45) is 0 Å². The standard InChI is InChI=1S/C23H19F2NO3/c1-16-7-5-10-18(13-16)26(14-17-8-3-2-4-9-17)21(27)15-29-23(28)22-19(24)11-6-12-20(22)25/h2-13H,14-15H2,1H3. The van der Waals surface area contributed by atoms with Gasteiger partial charge in [0.25, 0.3) is 5.91 Å². The van der Waals surface area contributed by atoms with Crippen molar-refractivity contribution in [3.8, 4) is 0 Å². The minimum Gasteiger partial charge on any atom is -0.452 e. The Labute approximate surface area is 167 Å². The first-order chi connectivity index (χ1) is 14.0. The number of aryl methyl sites for hydroxylation is 1. The lowest BCUT2D eigenvalue weighted by atomic mass is 10.1. The molecule has 0 radical (unpaired) electrons. The zero-order valence-corrected chi connectivity index (χ0v) is 15.8. The number of amides is 1. The fourth-order valence-electron chi connectivity index (χ4n) is 2.86. The van der Waals surface area contributed by atoms with Gasteiger partial charge in [-0.3, -0.25) is 4.79 Å². The van der Waals surface area contributed by atoms with Crippen LogP contribution in [0.5, 0.6) is 0 Å². The molecule has 1 amide bonds. The smallest absolute Gasteiger partial charge is 0.344 e. The van der Waals surface area contributed by atoms with Gasteiger partial charge in [0.1, 0.15) is 17.2 Å². The summed E-state index contributed by atoms with van der Waals surface area (Å²) in [7, 11) is 0. The molecular formula is C23H19F2NO3. The molecule has 0 unspecified atom stereocenters. The minimum absolute atomic E-state index is 0.259. The molecule has 0 aliphatic heterocycles. The van der Waals surface area contributed by atoms with Gasteiger partial charge in [0, 0.05) is 5.69 Å². The fraction of sp³-hybridized carbons (Fsp3) is 0.130. The molecule has 3 aromatic carbocycles. The number of rotatable bonds is 6. The van der Waals surface area contributed by atoms with Gasteiger partial charge in [0.15, 0.2) is 6.61 Å². The summed E-state index contributed by atoms with van der Waals surface area (Å²) in [5.74, 6) is -3.81. The van der Waals surface area contributed by atoms with E-state index in [4.69, 9.17) is 4.74 Å². The maximum Gasteiger partial charge on any atom is 0.344 e. The van der Waals surface area contributed by atoms with Crippen LogP contribution < -0.4 is 4.90 Å². The maximum atomic E-state index is 13.7. The third-order valence-electron chi connectivity index (χ3n) is 4.29. The normalized spacial score (nSPS) is 10.4. The van der Waals surface area contributed by atoms with E-state index in [2.05, 4.69) is 0 Å². The second-order valence-electron chi connectivity index (χ2n) is 6.48. The highest BCUT2D eigenvalue weighted by atomic mass is 19.1. The van der Waals surface area contributed by atoms with Crippen LogP contribution in [0.25, 0.3) is 0 Å². The molecule has 3 aromatic rings. The SMILES string of the molecule is Cc1cccc(N(Cc2ccccc2)C(=O)COC(=O)c2c(F)cccc2F)c1. The molecule has 0 N–H and O–H groups in total. The Hall–Kier alpha value is -3.54. The van der Waals surface area contributed by atoms with E-state index in [9.17, 15) is 18.4 Å². The summed E-state index contributed by atoms with van der Waals surface area (Å²) in [6.07, 6.45) is 0. The Morgan fingerprint density at radius 2 is 1.55 bits per heavy atom. The molecule has 29 heavy (non-hydrogen) atoms. The van der Waals surface area contributed by atoms with E-state index in [0.29, 0.717) is 5.69 Å².